The molecule has 0 saturated carbocycles. The number of azo groups is 2. The molecule has 1 heterocycles. The van der Waals surface area contributed by atoms with Gasteiger partial charge in [0.05, 0.1) is 22.7 Å². The second-order valence-corrected chi connectivity index (χ2v) is 21.2. The minimum Gasteiger partial charge on any atom is -0.352 e. The van der Waals surface area contributed by atoms with Crippen molar-refractivity contribution in [2.45, 2.75) is 115 Å². The summed E-state index contributed by atoms with van der Waals surface area (Å²) in [5.41, 5.74) is 1.72. The van der Waals surface area contributed by atoms with E-state index in [-0.39, 0.29) is 0 Å². The Morgan fingerprint density at radius 1 is 0.324 bits per heavy atom. The molecule has 4 N–H and O–H groups in total. The molecule has 490 valence electrons. The highest BCUT2D eigenvalue weighted by atomic mass is 16.2. The van der Waals surface area contributed by atoms with Crippen molar-refractivity contribution in [1.82, 2.24) is 10.6 Å². The number of hydrogen-bond acceptors (Lipinski definition) is 8. The normalized spacial score (nSPS) is 9.98. The van der Waals surface area contributed by atoms with E-state index in [1.54, 1.807) is 12.1 Å². The molecule has 0 aliphatic carbocycles. The zero-order valence-corrected chi connectivity index (χ0v) is 57.4. The molecule has 5 aromatic rings. The van der Waals surface area contributed by atoms with E-state index in [4.69, 9.17) is 16.7 Å². The standard InChI is InChI=1S/C95H58N8O2/c1-3-5-7-9-11-13-15-17-19-21-22-23-24-25-26-27-28-29-30-31-32-33-34-35-36-37-38-39-40-41-42-43-44-45-46-47-48-49-50-52-54-56-58-60-62-69-82-97-94(105)95(93(104)96-81-68-61-59-57-55-53-51-20-18-16-14-12-10-8-6-4-2)98-90-76-70-75-86-89(79-80-91(99-95)92(86)90)103-102-88-78-77-87(84-73-66-67-74-85(84)88)101-100-83-71-64-63-65-72-83/h1,63-67,70-80,98-99H,4,6,8,10,12,14,16,18,20,51,53,55,57,59,61,68,81H2,2H3,(H,96,104)(H,97,105). The molecule has 0 spiro atoms. The number of anilines is 2. The number of nitrogens with one attached hydrogen (secondary N) is 4. The van der Waals surface area contributed by atoms with Crippen molar-refractivity contribution in [3.8, 4) is 285 Å². The van der Waals surface area contributed by atoms with E-state index in [9.17, 15) is 9.59 Å². The van der Waals surface area contributed by atoms with Gasteiger partial charge in [-0.1, -0.05) is 158 Å². The highest BCUT2D eigenvalue weighted by Crippen LogP contribution is 2.43. The van der Waals surface area contributed by atoms with Gasteiger partial charge in [0, 0.05) is 270 Å². The number of fused-ring (bicyclic) bond motifs is 1. The molecule has 0 bridgehead atoms. The lowest BCUT2D eigenvalue weighted by atomic mass is 9.97. The molecule has 1 atom stereocenters. The monoisotopic (exact) mass is 1340 g/mol. The fraction of sp³-hybridized carbons (Fsp3) is 0.200. The molecule has 0 fully saturated rings. The summed E-state index contributed by atoms with van der Waals surface area (Å²) in [7, 11) is 0. The Kier molecular flexibility index (Phi) is 37.8. The van der Waals surface area contributed by atoms with Gasteiger partial charge in [-0.05, 0) is 96.2 Å². The topological polar surface area (TPSA) is 132 Å². The van der Waals surface area contributed by atoms with Gasteiger partial charge in [-0.15, -0.1) is 21.8 Å². The molecule has 2 amide bonds. The van der Waals surface area contributed by atoms with Gasteiger partial charge >= 0.3 is 0 Å². The summed E-state index contributed by atoms with van der Waals surface area (Å²) < 4.78 is 0. The van der Waals surface area contributed by atoms with Crippen molar-refractivity contribution in [2.75, 3.05) is 17.2 Å². The van der Waals surface area contributed by atoms with Crippen LogP contribution in [-0.2, 0) is 9.59 Å². The van der Waals surface area contributed by atoms with Crippen LogP contribution in [0.2, 0.25) is 0 Å². The third-order valence-corrected chi connectivity index (χ3v) is 13.9. The number of benzene rings is 5. The average Bonchev–Trinajstić information content (AvgIpc) is 0.737. The molecule has 6 rings (SSSR count). The van der Waals surface area contributed by atoms with Crippen LogP contribution in [0.15, 0.2) is 118 Å². The van der Waals surface area contributed by atoms with Crippen molar-refractivity contribution in [3.63, 3.8) is 0 Å². The number of hydrogen-bond donors (Lipinski definition) is 4. The highest BCUT2D eigenvalue weighted by Gasteiger charge is 2.49. The summed E-state index contributed by atoms with van der Waals surface area (Å²) >= 11 is 0. The lowest BCUT2D eigenvalue weighted by Gasteiger charge is -2.38. The number of amides is 2. The van der Waals surface area contributed by atoms with E-state index in [0.717, 1.165) is 52.9 Å². The predicted molar refractivity (Wildman–Crippen MR) is 421 cm³/mol. The third-order valence-electron chi connectivity index (χ3n) is 13.9. The minimum absolute atomic E-state index is 0.376. The lowest BCUT2D eigenvalue weighted by molar-refractivity contribution is -0.134. The second-order valence-electron chi connectivity index (χ2n) is 21.2. The van der Waals surface area contributed by atoms with Crippen LogP contribution >= 0.6 is 0 Å². The molecule has 1 aliphatic rings. The molecule has 1 aliphatic heterocycles. The number of carbonyl (C=O) groups is 2. The van der Waals surface area contributed by atoms with Crippen molar-refractivity contribution in [1.29, 1.82) is 0 Å². The molecule has 105 heavy (non-hydrogen) atoms. The second kappa shape index (κ2) is 51.1. The Morgan fingerprint density at radius 2 is 0.629 bits per heavy atom. The Bertz CT molecular complexity index is 5840. The van der Waals surface area contributed by atoms with Gasteiger partial charge < -0.3 is 16.0 Å². The molecule has 0 radical (unpaired) electrons. The van der Waals surface area contributed by atoms with Gasteiger partial charge in [-0.25, -0.2) is 0 Å². The average molecular weight is 1340 g/mol. The molecule has 1 unspecified atom stereocenters. The van der Waals surface area contributed by atoms with Crippen molar-refractivity contribution in [2.24, 2.45) is 20.5 Å². The van der Waals surface area contributed by atoms with E-state index in [1.807, 2.05) is 84.9 Å². The Morgan fingerprint density at radius 3 is 1.01 bits per heavy atom. The van der Waals surface area contributed by atoms with Gasteiger partial charge in [0.15, 0.2) is 0 Å². The van der Waals surface area contributed by atoms with Crippen LogP contribution in [0.4, 0.5) is 34.1 Å². The molecular weight excluding hydrogens is 1290 g/mol. The maximum atomic E-state index is 14.4. The van der Waals surface area contributed by atoms with Crippen LogP contribution in [0, 0.1) is 285 Å². The maximum absolute atomic E-state index is 14.4. The van der Waals surface area contributed by atoms with Crippen LogP contribution in [0.25, 0.3) is 21.5 Å². The first-order chi connectivity index (χ1) is 52.0. The van der Waals surface area contributed by atoms with E-state index in [1.165, 1.54) is 77.0 Å². The zero-order chi connectivity index (χ0) is 73.7. The van der Waals surface area contributed by atoms with Gasteiger partial charge in [0.1, 0.15) is 0 Å². The predicted octanol–water partition coefficient (Wildman–Crippen LogP) is 13.5. The molecule has 0 saturated heterocycles. The van der Waals surface area contributed by atoms with Gasteiger partial charge in [0.25, 0.3) is 17.5 Å². The molecule has 10 heteroatoms. The lowest BCUT2D eigenvalue weighted by Crippen LogP contribution is -2.67. The fourth-order valence-electron chi connectivity index (χ4n) is 9.21. The summed E-state index contributed by atoms with van der Waals surface area (Å²) in [6.45, 7) is 2.63. The Hall–Kier alpha value is -16.2. The number of unbranched alkanes of at least 4 members (excludes halogenated alkanes) is 15. The first-order valence-electron chi connectivity index (χ1n) is 33.1. The molecule has 5 aromatic carbocycles. The SMILES string of the molecule is C#CC#CC#CC#CC#CC#CC#CC#CC#CC#CC#CC#CC#CC#CC#CC#CC#CC#CC#CC#CC#CC#CC#CC#CNC(=O)C1(C(=O)NCCCCCCCCCCCCCCCCCC)Nc2cccc3c(N=Nc4ccc(N=Nc5ccccc5)c5ccccc45)ccc(c23)N1. The van der Waals surface area contributed by atoms with Gasteiger partial charge in [0.2, 0.25) is 0 Å². The van der Waals surface area contributed by atoms with Crippen LogP contribution in [0.5, 0.6) is 0 Å². The molecule has 10 nitrogen and oxygen atoms in total. The Labute approximate surface area is 618 Å². The number of carbonyl (C=O) groups excluding carboxylic acids is 2. The quantitative estimate of drug-likeness (QED) is 0.0170. The zero-order valence-electron chi connectivity index (χ0n) is 57.4. The Balaban J connectivity index is 0.973. The summed E-state index contributed by atoms with van der Waals surface area (Å²) in [4.78, 5) is 28.8. The van der Waals surface area contributed by atoms with Crippen LogP contribution in [-0.4, -0.2) is 24.0 Å². The van der Waals surface area contributed by atoms with E-state index in [2.05, 4.69) is 317 Å². The largest absolute Gasteiger partial charge is 0.352 e. The van der Waals surface area contributed by atoms with E-state index >= 15 is 0 Å². The summed E-state index contributed by atoms with van der Waals surface area (Å²) in [5, 5.41) is 33.7. The van der Waals surface area contributed by atoms with E-state index < -0.39 is 17.5 Å². The third kappa shape index (κ3) is 31.7. The van der Waals surface area contributed by atoms with Gasteiger partial charge in [-0.2, -0.15) is 5.11 Å². The first-order valence-corrected chi connectivity index (χ1v) is 33.1. The maximum Gasteiger partial charge on any atom is 0.288 e. The van der Waals surface area contributed by atoms with Gasteiger partial charge in [-0.3, -0.25) is 14.9 Å². The van der Waals surface area contributed by atoms with Crippen LogP contribution in [0.1, 0.15) is 110 Å². The number of terminal acetylenes is 1. The summed E-state index contributed by atoms with van der Waals surface area (Å²) in [5.74, 6) is 114. The van der Waals surface area contributed by atoms with Crippen molar-refractivity contribution >= 4 is 67.5 Å². The molecule has 0 aromatic heterocycles. The van der Waals surface area contributed by atoms with Crippen LogP contribution in [0.3, 0.4) is 0 Å². The fourth-order valence-corrected chi connectivity index (χ4v) is 9.21. The highest BCUT2D eigenvalue weighted by molar-refractivity contribution is 6.21. The number of nitrogens with zero attached hydrogens (tertiary/aromatic N) is 4. The van der Waals surface area contributed by atoms with Crippen molar-refractivity contribution in [3.05, 3.63) is 97.1 Å². The summed E-state index contributed by atoms with van der Waals surface area (Å²) in [6.07, 6.45) is 24.7. The minimum atomic E-state index is -2.00. The summed E-state index contributed by atoms with van der Waals surface area (Å²) in [6, 6.07) is 32.8. The smallest absolute Gasteiger partial charge is 0.288 e. The first kappa shape index (κ1) is 77.8. The number of rotatable bonds is 23. The molecular formula is C95H58N8O2. The van der Waals surface area contributed by atoms with Crippen molar-refractivity contribution < 1.29 is 9.59 Å². The van der Waals surface area contributed by atoms with E-state index in [0.29, 0.717) is 35.0 Å². The van der Waals surface area contributed by atoms with Crippen LogP contribution < -0.4 is 21.3 Å².